The SMILES string of the molecule is CC[C@@H](C(=O)Nc1ccccc1C)n1c(SCc2cccc(C(F)(F)F)c2)nc2cccnc21. The Bertz CT molecular complexity index is 1320. The summed E-state index contributed by atoms with van der Waals surface area (Å²) in [5.41, 5.74) is 2.67. The Morgan fingerprint density at radius 3 is 2.65 bits per heavy atom. The minimum atomic E-state index is -4.40. The van der Waals surface area contributed by atoms with E-state index in [0.29, 0.717) is 28.3 Å². The number of carbonyl (C=O) groups excluding carboxylic acids is 1. The van der Waals surface area contributed by atoms with Gasteiger partial charge < -0.3 is 5.32 Å². The van der Waals surface area contributed by atoms with Crippen LogP contribution in [0.15, 0.2) is 72.0 Å². The maximum Gasteiger partial charge on any atom is 0.416 e. The normalized spacial score (nSPS) is 12.6. The van der Waals surface area contributed by atoms with Crippen LogP contribution in [0.3, 0.4) is 0 Å². The average Bonchev–Trinajstić information content (AvgIpc) is 3.18. The first kappa shape index (κ1) is 23.8. The zero-order valence-corrected chi connectivity index (χ0v) is 19.5. The minimum Gasteiger partial charge on any atom is -0.324 e. The highest BCUT2D eigenvalue weighted by Crippen LogP contribution is 2.33. The third kappa shape index (κ3) is 5.09. The number of fused-ring (bicyclic) bond motifs is 1. The fraction of sp³-hybridized carbons (Fsp3) is 0.240. The van der Waals surface area contributed by atoms with Gasteiger partial charge in [-0.1, -0.05) is 55.1 Å². The first-order chi connectivity index (χ1) is 16.3. The highest BCUT2D eigenvalue weighted by molar-refractivity contribution is 7.98. The van der Waals surface area contributed by atoms with Crippen molar-refractivity contribution < 1.29 is 18.0 Å². The zero-order chi connectivity index (χ0) is 24.3. The van der Waals surface area contributed by atoms with Crippen molar-refractivity contribution in [3.05, 3.63) is 83.6 Å². The summed E-state index contributed by atoms with van der Waals surface area (Å²) in [4.78, 5) is 22.4. The number of aromatic nitrogens is 3. The van der Waals surface area contributed by atoms with Crippen LogP contribution in [0.25, 0.3) is 11.2 Å². The van der Waals surface area contributed by atoms with Gasteiger partial charge in [-0.3, -0.25) is 9.36 Å². The number of aryl methyl sites for hydroxylation is 1. The van der Waals surface area contributed by atoms with E-state index in [0.717, 1.165) is 23.4 Å². The highest BCUT2D eigenvalue weighted by atomic mass is 32.2. The number of para-hydroxylation sites is 1. The van der Waals surface area contributed by atoms with E-state index in [1.807, 2.05) is 38.1 Å². The first-order valence-electron chi connectivity index (χ1n) is 10.8. The number of pyridine rings is 1. The van der Waals surface area contributed by atoms with Crippen LogP contribution in [-0.4, -0.2) is 20.4 Å². The van der Waals surface area contributed by atoms with Crippen molar-refractivity contribution in [3.8, 4) is 0 Å². The van der Waals surface area contributed by atoms with Crippen LogP contribution < -0.4 is 5.32 Å². The second-order valence-electron chi connectivity index (χ2n) is 7.83. The predicted octanol–water partition coefficient (Wildman–Crippen LogP) is 6.64. The van der Waals surface area contributed by atoms with E-state index in [2.05, 4.69) is 15.3 Å². The summed E-state index contributed by atoms with van der Waals surface area (Å²) in [5, 5.41) is 3.52. The lowest BCUT2D eigenvalue weighted by Crippen LogP contribution is -2.26. The molecule has 1 atom stereocenters. The van der Waals surface area contributed by atoms with Crippen molar-refractivity contribution in [2.75, 3.05) is 5.32 Å². The quantitative estimate of drug-likeness (QED) is 0.299. The fourth-order valence-corrected chi connectivity index (χ4v) is 4.68. The molecule has 0 saturated carbocycles. The number of nitrogens with zero attached hydrogens (tertiary/aromatic N) is 3. The lowest BCUT2D eigenvalue weighted by atomic mass is 10.1. The molecule has 2 heterocycles. The summed E-state index contributed by atoms with van der Waals surface area (Å²) in [6.45, 7) is 3.82. The molecular formula is C25H23F3N4OS. The van der Waals surface area contributed by atoms with Gasteiger partial charge in [-0.2, -0.15) is 13.2 Å². The number of carbonyl (C=O) groups is 1. The number of alkyl halides is 3. The largest absolute Gasteiger partial charge is 0.416 e. The van der Waals surface area contributed by atoms with Gasteiger partial charge in [0, 0.05) is 17.6 Å². The fourth-order valence-electron chi connectivity index (χ4n) is 3.69. The third-order valence-corrected chi connectivity index (χ3v) is 6.47. The number of thioether (sulfide) groups is 1. The summed E-state index contributed by atoms with van der Waals surface area (Å²) in [5.74, 6) is 0.0611. The van der Waals surface area contributed by atoms with Gasteiger partial charge in [0.1, 0.15) is 11.6 Å². The molecule has 1 amide bonds. The summed E-state index contributed by atoms with van der Waals surface area (Å²) >= 11 is 1.28. The molecule has 0 saturated heterocycles. The number of nitrogens with one attached hydrogen (secondary N) is 1. The molecule has 9 heteroatoms. The molecule has 0 spiro atoms. The Hall–Kier alpha value is -3.33. The average molecular weight is 485 g/mol. The monoisotopic (exact) mass is 484 g/mol. The van der Waals surface area contributed by atoms with Crippen molar-refractivity contribution >= 4 is 34.5 Å². The van der Waals surface area contributed by atoms with Gasteiger partial charge in [0.05, 0.1) is 5.56 Å². The van der Waals surface area contributed by atoms with Gasteiger partial charge in [0.2, 0.25) is 5.91 Å². The number of rotatable bonds is 7. The van der Waals surface area contributed by atoms with E-state index in [1.165, 1.54) is 17.8 Å². The van der Waals surface area contributed by atoms with Gasteiger partial charge in [0.25, 0.3) is 0 Å². The number of amides is 1. The zero-order valence-electron chi connectivity index (χ0n) is 18.6. The van der Waals surface area contributed by atoms with Gasteiger partial charge in [-0.15, -0.1) is 0 Å². The Kier molecular flexibility index (Phi) is 6.92. The van der Waals surface area contributed by atoms with Crippen LogP contribution in [0.4, 0.5) is 18.9 Å². The Balaban J connectivity index is 1.66. The molecule has 2 aromatic heterocycles. The van der Waals surface area contributed by atoms with E-state index in [4.69, 9.17) is 0 Å². The van der Waals surface area contributed by atoms with Gasteiger partial charge in [-0.25, -0.2) is 9.97 Å². The molecule has 0 fully saturated rings. The number of halogens is 3. The molecule has 0 bridgehead atoms. The van der Waals surface area contributed by atoms with Crippen LogP contribution in [0, 0.1) is 6.92 Å². The van der Waals surface area contributed by atoms with Crippen molar-refractivity contribution in [2.24, 2.45) is 0 Å². The molecule has 5 nitrogen and oxygen atoms in total. The number of hydrogen-bond donors (Lipinski definition) is 1. The number of imidazole rings is 1. The highest BCUT2D eigenvalue weighted by Gasteiger charge is 2.30. The lowest BCUT2D eigenvalue weighted by molar-refractivity contribution is -0.137. The summed E-state index contributed by atoms with van der Waals surface area (Å²) in [7, 11) is 0. The molecule has 176 valence electrons. The summed E-state index contributed by atoms with van der Waals surface area (Å²) in [6, 6.07) is 15.7. The molecule has 2 aromatic carbocycles. The summed E-state index contributed by atoms with van der Waals surface area (Å²) in [6.07, 6.45) is -2.29. The van der Waals surface area contributed by atoms with Crippen LogP contribution in [-0.2, 0) is 16.7 Å². The Labute approximate surface area is 199 Å². The van der Waals surface area contributed by atoms with E-state index >= 15 is 0 Å². The maximum atomic E-state index is 13.3. The molecule has 0 radical (unpaired) electrons. The first-order valence-corrected chi connectivity index (χ1v) is 11.7. The van der Waals surface area contributed by atoms with Crippen LogP contribution in [0.5, 0.6) is 0 Å². The molecule has 4 rings (SSSR count). The van der Waals surface area contributed by atoms with Crippen molar-refractivity contribution in [1.82, 2.24) is 14.5 Å². The Morgan fingerprint density at radius 1 is 1.12 bits per heavy atom. The van der Waals surface area contributed by atoms with Crippen molar-refractivity contribution in [1.29, 1.82) is 0 Å². The van der Waals surface area contributed by atoms with Crippen LogP contribution in [0.2, 0.25) is 0 Å². The maximum absolute atomic E-state index is 13.3. The molecular weight excluding hydrogens is 461 g/mol. The second kappa shape index (κ2) is 9.89. The van der Waals surface area contributed by atoms with E-state index in [1.54, 1.807) is 29.0 Å². The summed E-state index contributed by atoms with van der Waals surface area (Å²) < 4.78 is 41.1. The number of anilines is 1. The molecule has 1 N–H and O–H groups in total. The molecule has 0 aliphatic carbocycles. The van der Waals surface area contributed by atoms with Gasteiger partial charge in [0.15, 0.2) is 10.8 Å². The Morgan fingerprint density at radius 2 is 1.91 bits per heavy atom. The molecule has 4 aromatic rings. The number of hydrogen-bond acceptors (Lipinski definition) is 4. The van der Waals surface area contributed by atoms with Gasteiger partial charge >= 0.3 is 6.18 Å². The van der Waals surface area contributed by atoms with Crippen LogP contribution in [0.1, 0.15) is 36.1 Å². The molecule has 0 aliphatic rings. The molecule has 34 heavy (non-hydrogen) atoms. The lowest BCUT2D eigenvalue weighted by Gasteiger charge is -2.20. The van der Waals surface area contributed by atoms with Crippen LogP contribution >= 0.6 is 11.8 Å². The predicted molar refractivity (Wildman–Crippen MR) is 128 cm³/mol. The van der Waals surface area contributed by atoms with E-state index in [9.17, 15) is 18.0 Å². The van der Waals surface area contributed by atoms with Gasteiger partial charge in [-0.05, 0) is 48.7 Å². The molecule has 0 aliphatic heterocycles. The van der Waals surface area contributed by atoms with E-state index < -0.39 is 17.8 Å². The van der Waals surface area contributed by atoms with E-state index in [-0.39, 0.29) is 11.7 Å². The molecule has 0 unspecified atom stereocenters. The van der Waals surface area contributed by atoms with Crippen molar-refractivity contribution in [2.45, 2.75) is 43.4 Å². The number of benzene rings is 2. The minimum absolute atomic E-state index is 0.206. The smallest absolute Gasteiger partial charge is 0.324 e. The second-order valence-corrected chi connectivity index (χ2v) is 8.77. The topological polar surface area (TPSA) is 59.8 Å². The van der Waals surface area contributed by atoms with Crippen molar-refractivity contribution in [3.63, 3.8) is 0 Å². The third-order valence-electron chi connectivity index (χ3n) is 5.44. The standard InChI is InChI=1S/C25H23F3N4OS/c1-3-21(23(33)30-19-11-5-4-8-16(19)2)32-22-20(12-7-13-29-22)31-24(32)34-15-17-9-6-10-18(14-17)25(26,27)28/h4-14,21H,3,15H2,1-2H3,(H,30,33)/t21-/m0/s1.